The molecule has 2 unspecified atom stereocenters. The Labute approximate surface area is 235 Å². The van der Waals surface area contributed by atoms with Crippen LogP contribution in [0.4, 0.5) is 5.69 Å². The second kappa shape index (κ2) is 11.3. The molecule has 2 aromatic rings. The van der Waals surface area contributed by atoms with Gasteiger partial charge in [0, 0.05) is 36.3 Å². The van der Waals surface area contributed by atoms with Crippen LogP contribution in [0.1, 0.15) is 105 Å². The Morgan fingerprint density at radius 3 is 2.64 bits per heavy atom. The van der Waals surface area contributed by atoms with E-state index in [-0.39, 0.29) is 0 Å². The highest BCUT2D eigenvalue weighted by atomic mass is 15.1. The molecule has 2 atom stereocenters. The molecule has 0 spiro atoms. The average Bonchev–Trinajstić information content (AvgIpc) is 3.30. The second-order valence-electron chi connectivity index (χ2n) is 12.6. The van der Waals surface area contributed by atoms with Crippen molar-refractivity contribution in [3.8, 4) is 0 Å². The summed E-state index contributed by atoms with van der Waals surface area (Å²) < 4.78 is 0. The molecule has 0 amide bonds. The van der Waals surface area contributed by atoms with Gasteiger partial charge in [-0.05, 0) is 109 Å². The summed E-state index contributed by atoms with van der Waals surface area (Å²) in [6.07, 6.45) is 22.0. The van der Waals surface area contributed by atoms with Crippen LogP contribution in [-0.4, -0.2) is 22.1 Å². The fourth-order valence-corrected chi connectivity index (χ4v) is 7.05. The summed E-state index contributed by atoms with van der Waals surface area (Å²) in [5.41, 5.74) is 11.4. The minimum atomic E-state index is 0.393. The first-order valence-corrected chi connectivity index (χ1v) is 15.5. The standard InChI is InChI=1S/C36H45N3/c1-5-27-16-18-39(23-27)26(4)32-19-24(2)35-33(20-29-9-6-7-10-29)36(38-34(35)22-32)31(15-14-28-12-13-28)21-30-11-8-17-37-25(30)3/h8,11,16-19,21-22,27-29,33H,4-7,9-10,12-15,20,23H2,1-3H3/b31-21+. The zero-order valence-electron chi connectivity index (χ0n) is 24.3. The van der Waals surface area contributed by atoms with Gasteiger partial charge in [0.1, 0.15) is 0 Å². The van der Waals surface area contributed by atoms with Crippen LogP contribution in [0.5, 0.6) is 0 Å². The van der Waals surface area contributed by atoms with E-state index in [2.05, 4.69) is 79.9 Å². The van der Waals surface area contributed by atoms with E-state index in [9.17, 15) is 0 Å². The highest BCUT2D eigenvalue weighted by Gasteiger charge is 2.35. The first-order valence-electron chi connectivity index (χ1n) is 15.5. The Bertz CT molecular complexity index is 1320. The van der Waals surface area contributed by atoms with Gasteiger partial charge in [-0.3, -0.25) is 9.98 Å². The number of fused-ring (bicyclic) bond motifs is 1. The van der Waals surface area contributed by atoms with Crippen molar-refractivity contribution >= 4 is 23.2 Å². The lowest BCUT2D eigenvalue weighted by Gasteiger charge is -2.24. The summed E-state index contributed by atoms with van der Waals surface area (Å²) >= 11 is 0. The molecule has 3 heteroatoms. The molecule has 204 valence electrons. The number of nitrogens with zero attached hydrogens (tertiary/aromatic N) is 3. The fourth-order valence-electron chi connectivity index (χ4n) is 7.05. The van der Waals surface area contributed by atoms with Crippen molar-refractivity contribution in [2.24, 2.45) is 22.7 Å². The molecule has 6 rings (SSSR count). The van der Waals surface area contributed by atoms with E-state index in [4.69, 9.17) is 4.99 Å². The van der Waals surface area contributed by atoms with Gasteiger partial charge < -0.3 is 4.90 Å². The third-order valence-corrected chi connectivity index (χ3v) is 9.73. The number of benzene rings is 1. The largest absolute Gasteiger partial charge is 0.348 e. The molecule has 0 bridgehead atoms. The van der Waals surface area contributed by atoms with Crippen molar-refractivity contribution in [3.05, 3.63) is 82.8 Å². The summed E-state index contributed by atoms with van der Waals surface area (Å²) in [7, 11) is 0. The maximum absolute atomic E-state index is 5.51. The number of rotatable bonds is 10. The molecule has 3 nitrogen and oxygen atoms in total. The molecule has 0 N–H and O–H groups in total. The molecular weight excluding hydrogens is 474 g/mol. The van der Waals surface area contributed by atoms with Crippen molar-refractivity contribution in [2.75, 3.05) is 6.54 Å². The second-order valence-corrected chi connectivity index (χ2v) is 12.6. The molecule has 2 fully saturated rings. The zero-order valence-corrected chi connectivity index (χ0v) is 24.3. The molecule has 2 saturated carbocycles. The van der Waals surface area contributed by atoms with E-state index in [1.165, 1.54) is 97.0 Å². The molecule has 0 saturated heterocycles. The first-order chi connectivity index (χ1) is 19.0. The Hall–Kier alpha value is -2.94. The Morgan fingerprint density at radius 1 is 1.10 bits per heavy atom. The summed E-state index contributed by atoms with van der Waals surface area (Å²) in [4.78, 5) is 12.4. The van der Waals surface area contributed by atoms with E-state index >= 15 is 0 Å². The summed E-state index contributed by atoms with van der Waals surface area (Å²) in [6.45, 7) is 12.3. The third kappa shape index (κ3) is 5.69. The maximum atomic E-state index is 5.51. The fraction of sp³-hybridized carbons (Fsp3) is 0.500. The van der Waals surface area contributed by atoms with Crippen LogP contribution in [0, 0.1) is 31.6 Å². The molecular formula is C36H45N3. The molecule has 4 aliphatic rings. The van der Waals surface area contributed by atoms with E-state index in [1.807, 2.05) is 6.20 Å². The van der Waals surface area contributed by atoms with Gasteiger partial charge in [0.25, 0.3) is 0 Å². The summed E-state index contributed by atoms with van der Waals surface area (Å²) in [6, 6.07) is 9.00. The van der Waals surface area contributed by atoms with Crippen molar-refractivity contribution in [3.63, 3.8) is 0 Å². The molecule has 2 aliphatic carbocycles. The number of hydrogen-bond acceptors (Lipinski definition) is 3. The van der Waals surface area contributed by atoms with Crippen molar-refractivity contribution < 1.29 is 0 Å². The van der Waals surface area contributed by atoms with Crippen LogP contribution in [-0.2, 0) is 0 Å². The van der Waals surface area contributed by atoms with Gasteiger partial charge in [0.05, 0.1) is 11.4 Å². The van der Waals surface area contributed by atoms with Gasteiger partial charge in [-0.25, -0.2) is 0 Å². The molecule has 3 heterocycles. The Morgan fingerprint density at radius 2 is 1.92 bits per heavy atom. The van der Waals surface area contributed by atoms with Crippen LogP contribution in [0.15, 0.2) is 59.9 Å². The zero-order chi connectivity index (χ0) is 26.9. The monoisotopic (exact) mass is 519 g/mol. The number of aryl methyl sites for hydroxylation is 2. The quantitative estimate of drug-likeness (QED) is 0.313. The molecule has 39 heavy (non-hydrogen) atoms. The predicted octanol–water partition coefficient (Wildman–Crippen LogP) is 9.55. The lowest BCUT2D eigenvalue weighted by Crippen LogP contribution is -2.17. The highest BCUT2D eigenvalue weighted by Crippen LogP contribution is 2.48. The van der Waals surface area contributed by atoms with Crippen molar-refractivity contribution in [2.45, 2.75) is 90.9 Å². The van der Waals surface area contributed by atoms with Gasteiger partial charge >= 0.3 is 0 Å². The van der Waals surface area contributed by atoms with Crippen LogP contribution in [0.3, 0.4) is 0 Å². The Kier molecular flexibility index (Phi) is 7.60. The van der Waals surface area contributed by atoms with Gasteiger partial charge in [-0.15, -0.1) is 0 Å². The number of aliphatic imine (C=N–C) groups is 1. The number of aromatic nitrogens is 1. The average molecular weight is 520 g/mol. The minimum Gasteiger partial charge on any atom is -0.348 e. The van der Waals surface area contributed by atoms with E-state index in [0.717, 1.165) is 36.2 Å². The maximum Gasteiger partial charge on any atom is 0.0681 e. The van der Waals surface area contributed by atoms with Crippen LogP contribution >= 0.6 is 0 Å². The van der Waals surface area contributed by atoms with Gasteiger partial charge in [0.15, 0.2) is 0 Å². The van der Waals surface area contributed by atoms with Crippen molar-refractivity contribution in [1.29, 1.82) is 0 Å². The molecule has 2 aliphatic heterocycles. The number of allylic oxidation sites excluding steroid dienone is 1. The van der Waals surface area contributed by atoms with E-state index in [1.54, 1.807) is 0 Å². The smallest absolute Gasteiger partial charge is 0.0681 e. The minimum absolute atomic E-state index is 0.393. The normalized spacial score (nSPS) is 23.0. The highest BCUT2D eigenvalue weighted by molar-refractivity contribution is 6.12. The molecule has 1 aromatic heterocycles. The first kappa shape index (κ1) is 26.3. The predicted molar refractivity (Wildman–Crippen MR) is 165 cm³/mol. The lowest BCUT2D eigenvalue weighted by atomic mass is 9.80. The third-order valence-electron chi connectivity index (χ3n) is 9.73. The lowest BCUT2D eigenvalue weighted by molar-refractivity contribution is 0.485. The Balaban J connectivity index is 1.38. The topological polar surface area (TPSA) is 28.5 Å². The number of hydrogen-bond donors (Lipinski definition) is 0. The van der Waals surface area contributed by atoms with Gasteiger partial charge in [-0.2, -0.15) is 0 Å². The molecule has 0 radical (unpaired) electrons. The number of pyridine rings is 1. The van der Waals surface area contributed by atoms with Crippen LogP contribution in [0.2, 0.25) is 0 Å². The van der Waals surface area contributed by atoms with Crippen LogP contribution < -0.4 is 0 Å². The summed E-state index contributed by atoms with van der Waals surface area (Å²) in [5.74, 6) is 2.72. The van der Waals surface area contributed by atoms with Gasteiger partial charge in [0.2, 0.25) is 0 Å². The van der Waals surface area contributed by atoms with E-state index in [0.29, 0.717) is 11.8 Å². The SMILES string of the molecule is C=C(c1cc(C)c2c(c1)N=C(/C(=C/c1cccnc1C)CCC1CC1)C2CC1CCCC1)N1C=CC(CC)C1. The van der Waals surface area contributed by atoms with E-state index < -0.39 is 0 Å². The van der Waals surface area contributed by atoms with Crippen LogP contribution in [0.25, 0.3) is 11.8 Å². The molecule has 1 aromatic carbocycles. The summed E-state index contributed by atoms with van der Waals surface area (Å²) in [5, 5.41) is 0. The van der Waals surface area contributed by atoms with Crippen molar-refractivity contribution in [1.82, 2.24) is 9.88 Å². The van der Waals surface area contributed by atoms with Gasteiger partial charge in [-0.1, -0.05) is 64.2 Å².